The molecule has 0 amide bonds. The summed E-state index contributed by atoms with van der Waals surface area (Å²) in [7, 11) is 0. The summed E-state index contributed by atoms with van der Waals surface area (Å²) in [5, 5.41) is 2.23. The van der Waals surface area contributed by atoms with Crippen LogP contribution in [0.1, 0.15) is 27.2 Å². The maximum absolute atomic E-state index is 3.81. The fourth-order valence-electron chi connectivity index (χ4n) is 0.827. The maximum atomic E-state index is 3.81. The molecule has 0 fully saturated rings. The van der Waals surface area contributed by atoms with Gasteiger partial charge in [0.2, 0.25) is 0 Å². The second-order valence-corrected chi connectivity index (χ2v) is 2.02. The van der Waals surface area contributed by atoms with Crippen LogP contribution in [0.15, 0.2) is 12.3 Å². The predicted molar refractivity (Wildman–Crippen MR) is 51.7 cm³/mol. The Balaban J connectivity index is 0.000000461. The molecule has 1 rings (SSSR count). The molecule has 1 aromatic rings. The van der Waals surface area contributed by atoms with E-state index in [1.54, 1.807) is 0 Å². The molecule has 0 unspecified atom stereocenters. The smallest absolute Gasteiger partial charge is 0.0377 e. The number of H-pyrrole nitrogens is 1. The van der Waals surface area contributed by atoms with Crippen LogP contribution in [0.5, 0.6) is 0 Å². The summed E-state index contributed by atoms with van der Waals surface area (Å²) in [6.07, 6.45) is 5.13. The third-order valence-electron chi connectivity index (χ3n) is 1.29. The lowest BCUT2D eigenvalue weighted by Crippen LogP contribution is -2.19. The topological polar surface area (TPSA) is 15.8 Å². The van der Waals surface area contributed by atoms with Gasteiger partial charge in [0.25, 0.3) is 0 Å². The van der Waals surface area contributed by atoms with Crippen LogP contribution in [0, 0.1) is 0 Å². The zero-order valence-corrected chi connectivity index (χ0v) is 7.65. The first-order valence-electron chi connectivity index (χ1n) is 4.17. The molecule has 0 radical (unpaired) electrons. The Bertz CT molecular complexity index is 269. The maximum Gasteiger partial charge on any atom is 0.0377 e. The third kappa shape index (κ3) is 3.08. The molecule has 0 aromatic carbocycles. The first kappa shape index (κ1) is 10.0. The van der Waals surface area contributed by atoms with E-state index < -0.39 is 0 Å². The van der Waals surface area contributed by atoms with Crippen LogP contribution in [0.4, 0.5) is 0 Å². The molecule has 0 saturated heterocycles. The molecular formula is C10H17N. The van der Waals surface area contributed by atoms with Gasteiger partial charge in [-0.3, -0.25) is 0 Å². The highest BCUT2D eigenvalue weighted by Crippen LogP contribution is 1.72. The quantitative estimate of drug-likeness (QED) is 0.628. The Kier molecular flexibility index (Phi) is 5.26. The zero-order chi connectivity index (χ0) is 8.69. The SMILES string of the molecule is C=c1[nH]cc/c1=C/CC.CC. The van der Waals surface area contributed by atoms with Crippen LogP contribution in [0.2, 0.25) is 0 Å². The fourth-order valence-corrected chi connectivity index (χ4v) is 0.827. The Morgan fingerprint density at radius 2 is 2.18 bits per heavy atom. The highest BCUT2D eigenvalue weighted by atomic mass is 14.6. The molecule has 0 aliphatic carbocycles. The molecule has 0 atom stereocenters. The second kappa shape index (κ2) is 5.78. The largest absolute Gasteiger partial charge is 0.362 e. The van der Waals surface area contributed by atoms with Gasteiger partial charge in [-0.25, -0.2) is 0 Å². The monoisotopic (exact) mass is 151 g/mol. The zero-order valence-electron chi connectivity index (χ0n) is 7.65. The van der Waals surface area contributed by atoms with Gasteiger partial charge in [-0.2, -0.15) is 0 Å². The van der Waals surface area contributed by atoms with Gasteiger partial charge in [-0.1, -0.05) is 33.4 Å². The van der Waals surface area contributed by atoms with Gasteiger partial charge in [-0.05, 0) is 17.7 Å². The molecule has 11 heavy (non-hydrogen) atoms. The minimum Gasteiger partial charge on any atom is -0.362 e. The van der Waals surface area contributed by atoms with Crippen LogP contribution in [-0.2, 0) is 0 Å². The van der Waals surface area contributed by atoms with E-state index in [9.17, 15) is 0 Å². The minimum atomic E-state index is 1.01. The van der Waals surface area contributed by atoms with Crippen molar-refractivity contribution in [2.45, 2.75) is 27.2 Å². The van der Waals surface area contributed by atoms with Crippen molar-refractivity contribution >= 4 is 12.7 Å². The standard InChI is InChI=1S/C8H11N.C2H6/c1-3-4-8-5-6-9-7(8)2;1-2/h4-6,9H,2-3H2,1H3;1-2H3/b8-4-;. The lowest BCUT2D eigenvalue weighted by atomic mass is 10.3. The average molecular weight is 151 g/mol. The van der Waals surface area contributed by atoms with Crippen molar-refractivity contribution in [2.24, 2.45) is 0 Å². The van der Waals surface area contributed by atoms with Crippen molar-refractivity contribution in [3.05, 3.63) is 22.8 Å². The number of hydrogen-bond donors (Lipinski definition) is 1. The highest BCUT2D eigenvalue weighted by molar-refractivity contribution is 5.22. The molecule has 1 heterocycles. The van der Waals surface area contributed by atoms with Gasteiger partial charge in [0.15, 0.2) is 0 Å². The van der Waals surface area contributed by atoms with E-state index in [0.29, 0.717) is 0 Å². The fraction of sp³-hybridized carbons (Fsp3) is 0.400. The van der Waals surface area contributed by atoms with Gasteiger partial charge in [0.05, 0.1) is 0 Å². The van der Waals surface area contributed by atoms with Crippen LogP contribution >= 0.6 is 0 Å². The predicted octanol–water partition coefficient (Wildman–Crippen LogP) is 1.64. The van der Waals surface area contributed by atoms with E-state index in [0.717, 1.165) is 11.8 Å². The van der Waals surface area contributed by atoms with E-state index in [1.807, 2.05) is 26.1 Å². The van der Waals surface area contributed by atoms with Gasteiger partial charge >= 0.3 is 0 Å². The highest BCUT2D eigenvalue weighted by Gasteiger charge is 1.77. The summed E-state index contributed by atoms with van der Waals surface area (Å²) in [6, 6.07) is 2.03. The van der Waals surface area contributed by atoms with E-state index in [1.165, 1.54) is 5.22 Å². The normalized spacial score (nSPS) is 10.6. The molecule has 1 aromatic heterocycles. The number of aromatic amines is 1. The van der Waals surface area contributed by atoms with Crippen molar-refractivity contribution in [1.82, 2.24) is 4.98 Å². The summed E-state index contributed by atoms with van der Waals surface area (Å²) in [4.78, 5) is 3.01. The van der Waals surface area contributed by atoms with E-state index in [4.69, 9.17) is 0 Å². The molecule has 0 saturated carbocycles. The van der Waals surface area contributed by atoms with Crippen molar-refractivity contribution in [1.29, 1.82) is 0 Å². The minimum absolute atomic E-state index is 1.01. The van der Waals surface area contributed by atoms with E-state index in [2.05, 4.69) is 24.6 Å². The number of aromatic nitrogens is 1. The molecule has 0 aliphatic heterocycles. The number of hydrogen-bond acceptors (Lipinski definition) is 0. The molecule has 0 aliphatic rings. The van der Waals surface area contributed by atoms with Gasteiger partial charge in [0.1, 0.15) is 0 Å². The van der Waals surface area contributed by atoms with Crippen LogP contribution < -0.4 is 10.6 Å². The van der Waals surface area contributed by atoms with Crippen molar-refractivity contribution in [2.75, 3.05) is 0 Å². The average Bonchev–Trinajstić information content (AvgIpc) is 2.42. The lowest BCUT2D eigenvalue weighted by molar-refractivity contribution is 1.27. The summed E-state index contributed by atoms with van der Waals surface area (Å²) in [5.41, 5.74) is 0. The first-order chi connectivity index (χ1) is 5.34. The third-order valence-corrected chi connectivity index (χ3v) is 1.29. The van der Waals surface area contributed by atoms with Crippen molar-refractivity contribution < 1.29 is 0 Å². The molecule has 0 spiro atoms. The molecular weight excluding hydrogens is 134 g/mol. The van der Waals surface area contributed by atoms with Crippen LogP contribution in [-0.4, -0.2) is 4.98 Å². The summed E-state index contributed by atoms with van der Waals surface area (Å²) in [5.74, 6) is 0. The molecule has 62 valence electrons. The van der Waals surface area contributed by atoms with Crippen LogP contribution in [0.25, 0.3) is 12.7 Å². The Hall–Kier alpha value is -0.980. The lowest BCUT2D eigenvalue weighted by Gasteiger charge is -1.74. The van der Waals surface area contributed by atoms with E-state index in [-0.39, 0.29) is 0 Å². The molecule has 1 N–H and O–H groups in total. The van der Waals surface area contributed by atoms with Gasteiger partial charge in [-0.15, -0.1) is 0 Å². The summed E-state index contributed by atoms with van der Waals surface area (Å²) >= 11 is 0. The summed E-state index contributed by atoms with van der Waals surface area (Å²) < 4.78 is 0. The van der Waals surface area contributed by atoms with Crippen molar-refractivity contribution in [3.8, 4) is 0 Å². The Morgan fingerprint density at radius 1 is 1.55 bits per heavy atom. The van der Waals surface area contributed by atoms with Crippen LogP contribution in [0.3, 0.4) is 0 Å². The molecule has 1 heteroatoms. The Morgan fingerprint density at radius 3 is 2.55 bits per heavy atom. The van der Waals surface area contributed by atoms with E-state index >= 15 is 0 Å². The first-order valence-corrected chi connectivity index (χ1v) is 4.17. The second-order valence-electron chi connectivity index (χ2n) is 2.02. The number of rotatable bonds is 1. The summed E-state index contributed by atoms with van der Waals surface area (Å²) in [6.45, 7) is 9.93. The molecule has 1 nitrogen and oxygen atoms in total. The number of nitrogens with one attached hydrogen (secondary N) is 1. The Labute approximate surface area is 68.5 Å². The molecule has 0 bridgehead atoms. The van der Waals surface area contributed by atoms with Gasteiger partial charge < -0.3 is 4.98 Å². The van der Waals surface area contributed by atoms with Crippen molar-refractivity contribution in [3.63, 3.8) is 0 Å². The van der Waals surface area contributed by atoms with Gasteiger partial charge in [0, 0.05) is 11.5 Å².